The first kappa shape index (κ1) is 22.0. The molecule has 0 saturated carbocycles. The van der Waals surface area contributed by atoms with E-state index in [1.54, 1.807) is 12.1 Å². The number of amides is 1. The smallest absolute Gasteiger partial charge is 0.259 e. The minimum atomic E-state index is -0.220. The summed E-state index contributed by atoms with van der Waals surface area (Å²) in [5.41, 5.74) is 2.10. The molecule has 28 heavy (non-hydrogen) atoms. The number of unbranched alkanes of at least 4 members (excludes halogenated alkanes) is 3. The van der Waals surface area contributed by atoms with Crippen LogP contribution in [0.3, 0.4) is 0 Å². The Morgan fingerprint density at radius 2 is 1.93 bits per heavy atom. The van der Waals surface area contributed by atoms with Crippen molar-refractivity contribution in [2.45, 2.75) is 39.5 Å². The molecule has 0 spiro atoms. The maximum Gasteiger partial charge on any atom is 0.259 e. The van der Waals surface area contributed by atoms with Crippen LogP contribution < -0.4 is 14.8 Å². The van der Waals surface area contributed by atoms with E-state index in [2.05, 4.69) is 34.7 Å². The van der Waals surface area contributed by atoms with Gasteiger partial charge in [-0.05, 0) is 49.2 Å². The zero-order valence-corrected chi connectivity index (χ0v) is 18.2. The van der Waals surface area contributed by atoms with E-state index in [9.17, 15) is 4.79 Å². The van der Waals surface area contributed by atoms with Crippen molar-refractivity contribution < 1.29 is 14.3 Å². The quantitative estimate of drug-likeness (QED) is 0.312. The lowest BCUT2D eigenvalue weighted by Gasteiger charge is -2.13. The average Bonchev–Trinajstić information content (AvgIpc) is 2.67. The number of anilines is 1. The van der Waals surface area contributed by atoms with Gasteiger partial charge in [-0.15, -0.1) is 0 Å². The molecule has 2 aromatic rings. The van der Waals surface area contributed by atoms with E-state index in [0.29, 0.717) is 36.0 Å². The van der Waals surface area contributed by atoms with Crippen molar-refractivity contribution in [1.82, 2.24) is 0 Å². The van der Waals surface area contributed by atoms with Crippen LogP contribution in [0.2, 0.25) is 0 Å². The molecule has 1 amide bonds. The third kappa shape index (κ3) is 7.39. The van der Waals surface area contributed by atoms with Gasteiger partial charge in [-0.3, -0.25) is 4.79 Å². The van der Waals surface area contributed by atoms with Crippen LogP contribution in [-0.4, -0.2) is 19.1 Å². The zero-order valence-electron chi connectivity index (χ0n) is 16.6. The third-order valence-corrected chi connectivity index (χ3v) is 4.51. The lowest BCUT2D eigenvalue weighted by molar-refractivity contribution is 0.102. The minimum Gasteiger partial charge on any atom is -0.493 e. The molecule has 5 heteroatoms. The van der Waals surface area contributed by atoms with Crippen LogP contribution in [0.15, 0.2) is 59.1 Å². The van der Waals surface area contributed by atoms with Gasteiger partial charge in [-0.2, -0.15) is 0 Å². The lowest BCUT2D eigenvalue weighted by atomic mass is 10.1. The van der Waals surface area contributed by atoms with Crippen molar-refractivity contribution in [2.24, 2.45) is 0 Å². The maximum absolute atomic E-state index is 12.8. The van der Waals surface area contributed by atoms with Gasteiger partial charge in [0.05, 0.1) is 12.2 Å². The van der Waals surface area contributed by atoms with E-state index in [0.717, 1.165) is 22.9 Å². The van der Waals surface area contributed by atoms with Crippen LogP contribution in [0.4, 0.5) is 5.69 Å². The molecule has 1 N–H and O–H groups in total. The fourth-order valence-electron chi connectivity index (χ4n) is 2.59. The molecule has 4 nitrogen and oxygen atoms in total. The second kappa shape index (κ2) is 11.5. The Kier molecular flexibility index (Phi) is 9.08. The Hall–Kier alpha value is -2.27. The van der Waals surface area contributed by atoms with Gasteiger partial charge in [0.15, 0.2) is 0 Å². The van der Waals surface area contributed by atoms with Gasteiger partial charge in [-0.25, -0.2) is 0 Å². The van der Waals surface area contributed by atoms with E-state index in [1.807, 2.05) is 37.3 Å². The summed E-state index contributed by atoms with van der Waals surface area (Å²) in [6, 6.07) is 12.8. The van der Waals surface area contributed by atoms with Crippen molar-refractivity contribution >= 4 is 27.5 Å². The Bertz CT molecular complexity index is 804. The van der Waals surface area contributed by atoms with Crippen molar-refractivity contribution in [3.63, 3.8) is 0 Å². The fourth-order valence-corrected chi connectivity index (χ4v) is 2.95. The summed E-state index contributed by atoms with van der Waals surface area (Å²) in [5, 5.41) is 2.92. The van der Waals surface area contributed by atoms with Crippen LogP contribution in [0.1, 0.15) is 49.9 Å². The summed E-state index contributed by atoms with van der Waals surface area (Å²) >= 11 is 3.43. The highest BCUT2D eigenvalue weighted by molar-refractivity contribution is 9.10. The molecule has 0 aliphatic carbocycles. The Morgan fingerprint density at radius 1 is 1.11 bits per heavy atom. The van der Waals surface area contributed by atoms with Crippen LogP contribution in [0.5, 0.6) is 11.5 Å². The number of halogens is 1. The topological polar surface area (TPSA) is 47.6 Å². The van der Waals surface area contributed by atoms with E-state index >= 15 is 0 Å². The Morgan fingerprint density at radius 3 is 2.68 bits per heavy atom. The fraction of sp³-hybridized carbons (Fsp3) is 0.348. The van der Waals surface area contributed by atoms with Gasteiger partial charge in [-0.1, -0.05) is 54.8 Å². The van der Waals surface area contributed by atoms with Crippen molar-refractivity contribution in [1.29, 1.82) is 0 Å². The molecule has 0 aromatic heterocycles. The summed E-state index contributed by atoms with van der Waals surface area (Å²) in [5.74, 6) is 1.05. The molecule has 0 aliphatic rings. The largest absolute Gasteiger partial charge is 0.493 e. The van der Waals surface area contributed by atoms with Gasteiger partial charge < -0.3 is 14.8 Å². The SMILES string of the molecule is C=C(C)COc1cccc(NC(=O)c2cc(Br)ccc2OCCCCCC)c1. The van der Waals surface area contributed by atoms with Gasteiger partial charge in [0.1, 0.15) is 18.1 Å². The first-order chi connectivity index (χ1) is 13.5. The average molecular weight is 446 g/mol. The van der Waals surface area contributed by atoms with Crippen molar-refractivity contribution in [2.75, 3.05) is 18.5 Å². The number of rotatable bonds is 11. The number of ether oxygens (including phenoxy) is 2. The highest BCUT2D eigenvalue weighted by atomic mass is 79.9. The maximum atomic E-state index is 12.8. The first-order valence-electron chi connectivity index (χ1n) is 9.60. The summed E-state index contributed by atoms with van der Waals surface area (Å²) in [7, 11) is 0. The molecule has 2 aromatic carbocycles. The number of nitrogens with one attached hydrogen (secondary N) is 1. The predicted molar refractivity (Wildman–Crippen MR) is 118 cm³/mol. The van der Waals surface area contributed by atoms with Gasteiger partial charge in [0.2, 0.25) is 0 Å². The molecule has 0 heterocycles. The van der Waals surface area contributed by atoms with Crippen LogP contribution in [0, 0.1) is 0 Å². The normalized spacial score (nSPS) is 10.4. The molecule has 0 aliphatic heterocycles. The molecule has 150 valence electrons. The van der Waals surface area contributed by atoms with E-state index < -0.39 is 0 Å². The number of hydrogen-bond donors (Lipinski definition) is 1. The van der Waals surface area contributed by atoms with Crippen LogP contribution in [-0.2, 0) is 0 Å². The zero-order chi connectivity index (χ0) is 20.4. The minimum absolute atomic E-state index is 0.220. The second-order valence-electron chi connectivity index (χ2n) is 6.78. The first-order valence-corrected chi connectivity index (χ1v) is 10.4. The highest BCUT2D eigenvalue weighted by Crippen LogP contribution is 2.26. The van der Waals surface area contributed by atoms with E-state index in [4.69, 9.17) is 9.47 Å². The molecular formula is C23H28BrNO3. The van der Waals surface area contributed by atoms with Gasteiger partial charge in [0.25, 0.3) is 5.91 Å². The number of hydrogen-bond acceptors (Lipinski definition) is 3. The van der Waals surface area contributed by atoms with E-state index in [-0.39, 0.29) is 5.91 Å². The van der Waals surface area contributed by atoms with Crippen molar-refractivity contribution in [3.05, 3.63) is 64.7 Å². The number of carbonyl (C=O) groups is 1. The molecule has 0 atom stereocenters. The van der Waals surface area contributed by atoms with Crippen LogP contribution in [0.25, 0.3) is 0 Å². The lowest BCUT2D eigenvalue weighted by Crippen LogP contribution is -2.14. The molecule has 0 radical (unpaired) electrons. The Labute approximate surface area is 176 Å². The molecule has 2 rings (SSSR count). The highest BCUT2D eigenvalue weighted by Gasteiger charge is 2.14. The van der Waals surface area contributed by atoms with E-state index in [1.165, 1.54) is 12.8 Å². The second-order valence-corrected chi connectivity index (χ2v) is 7.69. The summed E-state index contributed by atoms with van der Waals surface area (Å²) < 4.78 is 12.3. The van der Waals surface area contributed by atoms with Crippen molar-refractivity contribution in [3.8, 4) is 11.5 Å². The van der Waals surface area contributed by atoms with Gasteiger partial charge in [0, 0.05) is 16.2 Å². The molecular weight excluding hydrogens is 418 g/mol. The van der Waals surface area contributed by atoms with Crippen LogP contribution >= 0.6 is 15.9 Å². The molecule has 0 saturated heterocycles. The van der Waals surface area contributed by atoms with Gasteiger partial charge >= 0.3 is 0 Å². The summed E-state index contributed by atoms with van der Waals surface area (Å²) in [6.45, 7) is 8.96. The molecule has 0 fully saturated rings. The summed E-state index contributed by atoms with van der Waals surface area (Å²) in [6.07, 6.45) is 4.49. The third-order valence-electron chi connectivity index (χ3n) is 4.02. The predicted octanol–water partition coefficient (Wildman–Crippen LogP) is 6.62. The Balaban J connectivity index is 2.05. The number of benzene rings is 2. The number of carbonyl (C=O) groups excluding carboxylic acids is 1. The summed E-state index contributed by atoms with van der Waals surface area (Å²) in [4.78, 5) is 12.8. The molecule has 0 bridgehead atoms. The monoisotopic (exact) mass is 445 g/mol. The standard InChI is InChI=1S/C23H28BrNO3/c1-4-5-6-7-13-27-22-12-11-18(24)14-21(22)23(26)25-19-9-8-10-20(15-19)28-16-17(2)3/h8-12,14-15H,2,4-7,13,16H2,1,3H3,(H,25,26). The molecule has 0 unspecified atom stereocenters.